The number of benzene rings is 1. The van der Waals surface area contributed by atoms with Crippen molar-refractivity contribution in [2.75, 3.05) is 0 Å². The van der Waals surface area contributed by atoms with E-state index in [4.69, 9.17) is 10.8 Å². The number of carbonyl (C=O) groups is 1. The number of nitrogens with zero attached hydrogens (tertiary/aromatic N) is 1. The van der Waals surface area contributed by atoms with Gasteiger partial charge in [0, 0.05) is 24.0 Å². The minimum Gasteiger partial charge on any atom is -0.480 e. The highest BCUT2D eigenvalue weighted by Crippen LogP contribution is 2.14. The molecule has 0 saturated carbocycles. The minimum absolute atomic E-state index is 0.316. The van der Waals surface area contributed by atoms with Gasteiger partial charge < -0.3 is 15.4 Å². The van der Waals surface area contributed by atoms with Crippen LogP contribution in [0.3, 0.4) is 0 Å². The summed E-state index contributed by atoms with van der Waals surface area (Å²) < 4.78 is 1.96. The molecule has 0 spiro atoms. The van der Waals surface area contributed by atoms with Crippen LogP contribution in [0.5, 0.6) is 0 Å². The van der Waals surface area contributed by atoms with Crippen molar-refractivity contribution < 1.29 is 9.90 Å². The molecule has 0 bridgehead atoms. The van der Waals surface area contributed by atoms with E-state index in [9.17, 15) is 4.79 Å². The summed E-state index contributed by atoms with van der Waals surface area (Å²) in [4.78, 5) is 10.8. The predicted molar refractivity (Wildman–Crippen MR) is 69.8 cm³/mol. The summed E-state index contributed by atoms with van der Waals surface area (Å²) in [6, 6.07) is 11.0. The fourth-order valence-electron chi connectivity index (χ4n) is 1.85. The Kier molecular flexibility index (Phi) is 3.48. The van der Waals surface area contributed by atoms with E-state index in [-0.39, 0.29) is 0 Å². The molecule has 0 amide bonds. The van der Waals surface area contributed by atoms with Gasteiger partial charge in [0.05, 0.1) is 0 Å². The smallest absolute Gasteiger partial charge is 0.320 e. The van der Waals surface area contributed by atoms with Gasteiger partial charge in [0.2, 0.25) is 0 Å². The second-order valence-corrected chi connectivity index (χ2v) is 4.35. The molecule has 0 aliphatic carbocycles. The molecule has 4 nitrogen and oxygen atoms in total. The standard InChI is InChI=1S/C14H16N2O2/c1-10-4-6-11(7-5-10)16-8-2-3-12(16)9-13(15)14(17)18/h2-8,13H,9,15H2,1H3,(H,17,18). The van der Waals surface area contributed by atoms with Gasteiger partial charge in [-0.1, -0.05) is 17.7 Å². The van der Waals surface area contributed by atoms with E-state index in [1.54, 1.807) is 0 Å². The highest BCUT2D eigenvalue weighted by Gasteiger charge is 2.14. The molecule has 0 fully saturated rings. The van der Waals surface area contributed by atoms with Gasteiger partial charge in [-0.3, -0.25) is 4.79 Å². The van der Waals surface area contributed by atoms with Crippen LogP contribution in [0.4, 0.5) is 0 Å². The van der Waals surface area contributed by atoms with Crippen LogP contribution < -0.4 is 5.73 Å². The Bertz CT molecular complexity index is 543. The molecular weight excluding hydrogens is 228 g/mol. The zero-order valence-corrected chi connectivity index (χ0v) is 10.2. The average molecular weight is 244 g/mol. The first-order valence-corrected chi connectivity index (χ1v) is 5.79. The van der Waals surface area contributed by atoms with Gasteiger partial charge in [-0.25, -0.2) is 0 Å². The zero-order valence-electron chi connectivity index (χ0n) is 10.2. The van der Waals surface area contributed by atoms with Crippen LogP contribution in [0.1, 0.15) is 11.3 Å². The number of carboxylic acids is 1. The predicted octanol–water partition coefficient (Wildman–Crippen LogP) is 1.74. The van der Waals surface area contributed by atoms with Crippen LogP contribution in [0.2, 0.25) is 0 Å². The maximum Gasteiger partial charge on any atom is 0.320 e. The maximum atomic E-state index is 10.8. The summed E-state index contributed by atoms with van der Waals surface area (Å²) in [6.07, 6.45) is 2.23. The van der Waals surface area contributed by atoms with Gasteiger partial charge in [0.15, 0.2) is 0 Å². The highest BCUT2D eigenvalue weighted by atomic mass is 16.4. The van der Waals surface area contributed by atoms with Crippen LogP contribution in [-0.4, -0.2) is 21.7 Å². The van der Waals surface area contributed by atoms with Gasteiger partial charge in [-0.15, -0.1) is 0 Å². The monoisotopic (exact) mass is 244 g/mol. The van der Waals surface area contributed by atoms with E-state index in [0.717, 1.165) is 11.4 Å². The molecule has 0 saturated heterocycles. The third kappa shape index (κ3) is 2.60. The number of aromatic nitrogens is 1. The fraction of sp³-hybridized carbons (Fsp3) is 0.214. The first kappa shape index (κ1) is 12.4. The third-order valence-corrected chi connectivity index (χ3v) is 2.89. The number of rotatable bonds is 4. The maximum absolute atomic E-state index is 10.8. The van der Waals surface area contributed by atoms with Gasteiger partial charge in [0.25, 0.3) is 0 Å². The van der Waals surface area contributed by atoms with Crippen molar-refractivity contribution in [2.45, 2.75) is 19.4 Å². The lowest BCUT2D eigenvalue weighted by atomic mass is 10.1. The average Bonchev–Trinajstić information content (AvgIpc) is 2.78. The van der Waals surface area contributed by atoms with Crippen LogP contribution in [0, 0.1) is 6.92 Å². The number of aryl methyl sites for hydroxylation is 1. The van der Waals surface area contributed by atoms with Crippen molar-refractivity contribution >= 4 is 5.97 Å². The number of hydrogen-bond acceptors (Lipinski definition) is 2. The molecule has 0 aliphatic heterocycles. The number of hydrogen-bond donors (Lipinski definition) is 2. The lowest BCUT2D eigenvalue weighted by Gasteiger charge is -2.11. The first-order valence-electron chi connectivity index (χ1n) is 5.79. The molecule has 4 heteroatoms. The van der Waals surface area contributed by atoms with Gasteiger partial charge in [-0.2, -0.15) is 0 Å². The Balaban J connectivity index is 2.27. The van der Waals surface area contributed by atoms with Crippen LogP contribution >= 0.6 is 0 Å². The van der Waals surface area contributed by atoms with Crippen LogP contribution in [0.25, 0.3) is 5.69 Å². The third-order valence-electron chi connectivity index (χ3n) is 2.89. The van der Waals surface area contributed by atoms with E-state index in [1.165, 1.54) is 5.56 Å². The normalized spacial score (nSPS) is 12.3. The van der Waals surface area contributed by atoms with Crippen molar-refractivity contribution in [1.29, 1.82) is 0 Å². The van der Waals surface area contributed by atoms with Crippen molar-refractivity contribution in [2.24, 2.45) is 5.73 Å². The van der Waals surface area contributed by atoms with Crippen LogP contribution in [0.15, 0.2) is 42.6 Å². The Morgan fingerprint density at radius 3 is 2.61 bits per heavy atom. The fourth-order valence-corrected chi connectivity index (χ4v) is 1.85. The summed E-state index contributed by atoms with van der Waals surface area (Å²) in [5.74, 6) is -0.980. The van der Waals surface area contributed by atoms with E-state index in [0.29, 0.717) is 6.42 Å². The molecule has 1 aromatic heterocycles. The van der Waals surface area contributed by atoms with Crippen molar-refractivity contribution in [1.82, 2.24) is 4.57 Å². The Labute approximate surface area is 106 Å². The first-order chi connectivity index (χ1) is 8.58. The molecule has 0 radical (unpaired) electrons. The van der Waals surface area contributed by atoms with E-state index in [2.05, 4.69) is 0 Å². The van der Waals surface area contributed by atoms with E-state index >= 15 is 0 Å². The summed E-state index contributed by atoms with van der Waals surface area (Å²) in [5.41, 5.74) is 8.66. The molecule has 94 valence electrons. The minimum atomic E-state index is -0.980. The lowest BCUT2D eigenvalue weighted by Crippen LogP contribution is -2.32. The van der Waals surface area contributed by atoms with E-state index < -0.39 is 12.0 Å². The Morgan fingerprint density at radius 1 is 1.33 bits per heavy atom. The molecule has 1 atom stereocenters. The number of aliphatic carboxylic acids is 1. The van der Waals surface area contributed by atoms with Crippen LogP contribution in [-0.2, 0) is 11.2 Å². The van der Waals surface area contributed by atoms with E-state index in [1.807, 2.05) is 54.1 Å². The quantitative estimate of drug-likeness (QED) is 0.860. The molecule has 18 heavy (non-hydrogen) atoms. The highest BCUT2D eigenvalue weighted by molar-refractivity contribution is 5.73. The Hall–Kier alpha value is -2.07. The lowest BCUT2D eigenvalue weighted by molar-refractivity contribution is -0.138. The molecule has 1 heterocycles. The van der Waals surface area contributed by atoms with Gasteiger partial charge in [0.1, 0.15) is 6.04 Å². The second kappa shape index (κ2) is 5.06. The summed E-state index contributed by atoms with van der Waals surface area (Å²) >= 11 is 0. The molecule has 1 unspecified atom stereocenters. The molecule has 2 aromatic rings. The number of carboxylic acid groups (broad SMARTS) is 1. The second-order valence-electron chi connectivity index (χ2n) is 4.35. The van der Waals surface area contributed by atoms with Crippen molar-refractivity contribution in [3.8, 4) is 5.69 Å². The Morgan fingerprint density at radius 2 is 2.00 bits per heavy atom. The van der Waals surface area contributed by atoms with Gasteiger partial charge >= 0.3 is 5.97 Å². The van der Waals surface area contributed by atoms with Crippen molar-refractivity contribution in [3.05, 3.63) is 53.9 Å². The summed E-state index contributed by atoms with van der Waals surface area (Å²) in [5, 5.41) is 8.84. The summed E-state index contributed by atoms with van der Waals surface area (Å²) in [6.45, 7) is 2.03. The van der Waals surface area contributed by atoms with Gasteiger partial charge in [-0.05, 0) is 31.2 Å². The topological polar surface area (TPSA) is 68.2 Å². The zero-order chi connectivity index (χ0) is 13.1. The van der Waals surface area contributed by atoms with Crippen molar-refractivity contribution in [3.63, 3.8) is 0 Å². The number of nitrogens with two attached hydrogens (primary N) is 1. The molecular formula is C14H16N2O2. The molecule has 3 N–H and O–H groups in total. The molecule has 2 rings (SSSR count). The SMILES string of the molecule is Cc1ccc(-n2cccc2CC(N)C(=O)O)cc1. The largest absolute Gasteiger partial charge is 0.480 e. The molecule has 0 aliphatic rings. The summed E-state index contributed by atoms with van der Waals surface area (Å²) in [7, 11) is 0. The molecule has 1 aromatic carbocycles.